The molecule has 2 atom stereocenters. The lowest BCUT2D eigenvalue weighted by atomic mass is 10.0. The lowest BCUT2D eigenvalue weighted by Gasteiger charge is -2.14. The summed E-state index contributed by atoms with van der Waals surface area (Å²) in [4.78, 5) is 1.38. The highest BCUT2D eigenvalue weighted by atomic mass is 32.1. The van der Waals surface area contributed by atoms with E-state index in [9.17, 15) is 0 Å². The van der Waals surface area contributed by atoms with Crippen molar-refractivity contribution in [1.82, 2.24) is 5.32 Å². The maximum absolute atomic E-state index is 3.53. The van der Waals surface area contributed by atoms with Crippen LogP contribution in [0, 0.1) is 5.92 Å². The molecule has 2 unspecified atom stereocenters. The summed E-state index contributed by atoms with van der Waals surface area (Å²) < 4.78 is 0. The predicted molar refractivity (Wildman–Crippen MR) is 88.6 cm³/mol. The summed E-state index contributed by atoms with van der Waals surface area (Å²) in [5, 5.41) is 5.66. The maximum Gasteiger partial charge on any atom is 0.0466 e. The highest BCUT2D eigenvalue weighted by Crippen LogP contribution is 2.22. The van der Waals surface area contributed by atoms with Crippen molar-refractivity contribution in [3.8, 4) is 0 Å². The van der Waals surface area contributed by atoms with Gasteiger partial charge in [0.2, 0.25) is 0 Å². The van der Waals surface area contributed by atoms with Crippen molar-refractivity contribution in [2.24, 2.45) is 5.92 Å². The molecule has 0 bridgehead atoms. The van der Waals surface area contributed by atoms with Gasteiger partial charge in [0, 0.05) is 17.2 Å². The van der Waals surface area contributed by atoms with Crippen LogP contribution in [0.5, 0.6) is 0 Å². The highest BCUT2D eigenvalue weighted by Gasteiger charge is 2.06. The summed E-state index contributed by atoms with van der Waals surface area (Å²) in [6.07, 6.45) is 1.16. The van der Waals surface area contributed by atoms with Crippen LogP contribution < -0.4 is 5.32 Å². The molecule has 1 nitrogen and oxygen atoms in total. The van der Waals surface area contributed by atoms with Crippen LogP contribution in [-0.4, -0.2) is 0 Å². The first-order valence-electron chi connectivity index (χ1n) is 6.75. The number of hydrogen-bond donors (Lipinski definition) is 1. The molecular weight excluding hydrogens is 269 g/mol. The molecule has 3 heteroatoms. The first kappa shape index (κ1) is 14.7. The molecule has 0 aliphatic heterocycles. The van der Waals surface area contributed by atoms with Crippen LogP contribution in [0.1, 0.15) is 35.6 Å². The Morgan fingerprint density at radius 1 is 1.16 bits per heavy atom. The summed E-state index contributed by atoms with van der Waals surface area (Å²) in [7, 11) is 2.88. The van der Waals surface area contributed by atoms with E-state index >= 15 is 0 Å². The molecule has 0 radical (unpaired) electrons. The van der Waals surface area contributed by atoms with Gasteiger partial charge in [-0.2, -0.15) is 0 Å². The van der Waals surface area contributed by atoms with Crippen LogP contribution in [0.2, 0.25) is 0 Å². The molecule has 1 heterocycles. The minimum absolute atomic E-state index is 0.315. The average Bonchev–Trinajstić information content (AvgIpc) is 2.89. The Kier molecular flexibility index (Phi) is 5.57. The number of hydrogen-bond acceptors (Lipinski definition) is 2. The van der Waals surface area contributed by atoms with Crippen molar-refractivity contribution in [3.63, 3.8) is 0 Å². The molecule has 0 amide bonds. The Bertz CT molecular complexity index is 476. The van der Waals surface area contributed by atoms with Gasteiger partial charge in [0.05, 0.1) is 0 Å². The Balaban J connectivity index is 1.90. The first-order chi connectivity index (χ1) is 9.15. The van der Waals surface area contributed by atoms with E-state index in [1.54, 1.807) is 11.3 Å². The number of rotatable bonds is 6. The van der Waals surface area contributed by atoms with Crippen molar-refractivity contribution in [2.75, 3.05) is 0 Å². The van der Waals surface area contributed by atoms with Crippen LogP contribution in [0.4, 0.5) is 0 Å². The van der Waals surface area contributed by atoms with Crippen molar-refractivity contribution < 1.29 is 0 Å². The van der Waals surface area contributed by atoms with E-state index in [1.807, 2.05) is 0 Å². The van der Waals surface area contributed by atoms with Crippen LogP contribution in [0.15, 0.2) is 41.8 Å². The summed E-state index contributed by atoms with van der Waals surface area (Å²) in [6.45, 7) is 5.45. The molecule has 0 saturated carbocycles. The average molecular weight is 291 g/mol. The number of thiophene rings is 1. The molecule has 1 N–H and O–H groups in total. The third kappa shape index (κ3) is 4.72. The van der Waals surface area contributed by atoms with Crippen LogP contribution in [-0.2, 0) is 13.0 Å². The quantitative estimate of drug-likeness (QED) is 0.766. The van der Waals surface area contributed by atoms with E-state index in [0.29, 0.717) is 5.78 Å². The van der Waals surface area contributed by atoms with Gasteiger partial charge in [-0.05, 0) is 34.9 Å². The van der Waals surface area contributed by atoms with E-state index in [1.165, 1.54) is 16.0 Å². The molecule has 19 heavy (non-hydrogen) atoms. The molecule has 0 aliphatic rings. The third-order valence-electron chi connectivity index (χ3n) is 3.06. The van der Waals surface area contributed by atoms with Gasteiger partial charge in [-0.3, -0.25) is 0 Å². The van der Waals surface area contributed by atoms with E-state index in [0.717, 1.165) is 18.9 Å². The van der Waals surface area contributed by atoms with Crippen molar-refractivity contribution in [3.05, 3.63) is 57.8 Å². The van der Waals surface area contributed by atoms with Gasteiger partial charge in [-0.1, -0.05) is 44.2 Å². The van der Waals surface area contributed by atoms with Crippen LogP contribution in [0.3, 0.4) is 0 Å². The van der Waals surface area contributed by atoms with E-state index in [4.69, 9.17) is 0 Å². The summed E-state index contributed by atoms with van der Waals surface area (Å²) in [5.41, 5.74) is 2.75. The van der Waals surface area contributed by atoms with Gasteiger partial charge in [0.25, 0.3) is 0 Å². The Labute approximate surface area is 122 Å². The second-order valence-electron chi connectivity index (χ2n) is 5.28. The van der Waals surface area contributed by atoms with Crippen molar-refractivity contribution >= 4 is 20.6 Å². The zero-order valence-electron chi connectivity index (χ0n) is 11.6. The monoisotopic (exact) mass is 291 g/mol. The highest BCUT2D eigenvalue weighted by molar-refractivity contribution is 7.17. The fraction of sp³-hybridized carbons (Fsp3) is 0.375. The fourth-order valence-corrected chi connectivity index (χ4v) is 3.07. The second-order valence-corrected chi connectivity index (χ2v) is 6.98. The normalized spacial score (nSPS) is 12.8. The lowest BCUT2D eigenvalue weighted by Crippen LogP contribution is -2.15. The minimum atomic E-state index is 0.315. The first-order valence-corrected chi connectivity index (χ1v) is 8.30. The van der Waals surface area contributed by atoms with Crippen molar-refractivity contribution in [2.45, 2.75) is 32.6 Å². The fourth-order valence-electron chi connectivity index (χ4n) is 2.07. The van der Waals surface area contributed by atoms with Gasteiger partial charge < -0.3 is 5.32 Å². The number of benzene rings is 1. The molecular formula is C16H22NPS. The maximum atomic E-state index is 3.53. The molecule has 0 aliphatic carbocycles. The van der Waals surface area contributed by atoms with Gasteiger partial charge in [-0.25, -0.2) is 0 Å². The van der Waals surface area contributed by atoms with Gasteiger partial charge in [0.15, 0.2) is 0 Å². The van der Waals surface area contributed by atoms with Gasteiger partial charge in [-0.15, -0.1) is 20.6 Å². The molecule has 0 fully saturated rings. The van der Waals surface area contributed by atoms with E-state index in [-0.39, 0.29) is 0 Å². The molecule has 102 valence electrons. The predicted octanol–water partition coefficient (Wildman–Crippen LogP) is 4.61. The van der Waals surface area contributed by atoms with Crippen molar-refractivity contribution in [1.29, 1.82) is 0 Å². The smallest absolute Gasteiger partial charge is 0.0466 e. The zero-order valence-corrected chi connectivity index (χ0v) is 13.6. The number of nitrogens with one attached hydrogen (secondary N) is 1. The Hall–Kier alpha value is -0.690. The SMILES string of the molecule is CC(C)Cc1ccc(C(P)NCc2cccs2)cc1. The molecule has 0 saturated heterocycles. The zero-order chi connectivity index (χ0) is 13.7. The van der Waals surface area contributed by atoms with Crippen LogP contribution >= 0.6 is 20.6 Å². The van der Waals surface area contributed by atoms with Gasteiger partial charge in [0.1, 0.15) is 0 Å². The van der Waals surface area contributed by atoms with Gasteiger partial charge >= 0.3 is 0 Å². The summed E-state index contributed by atoms with van der Waals surface area (Å²) >= 11 is 1.80. The summed E-state index contributed by atoms with van der Waals surface area (Å²) in [5.74, 6) is 1.03. The van der Waals surface area contributed by atoms with Crippen LogP contribution in [0.25, 0.3) is 0 Å². The minimum Gasteiger partial charge on any atom is -0.302 e. The van der Waals surface area contributed by atoms with E-state index in [2.05, 4.69) is 70.2 Å². The second kappa shape index (κ2) is 7.19. The lowest BCUT2D eigenvalue weighted by molar-refractivity contribution is 0.646. The molecule has 1 aromatic heterocycles. The topological polar surface area (TPSA) is 12.0 Å². The standard InChI is InChI=1S/C16H22NPS/c1-12(2)10-13-5-7-14(8-6-13)16(18)17-11-15-4-3-9-19-15/h3-9,12,16-17H,10-11,18H2,1-2H3. The summed E-state index contributed by atoms with van der Waals surface area (Å²) in [6, 6.07) is 13.2. The molecule has 2 aromatic rings. The van der Waals surface area contributed by atoms with E-state index < -0.39 is 0 Å². The Morgan fingerprint density at radius 2 is 1.89 bits per heavy atom. The molecule has 2 rings (SSSR count). The largest absolute Gasteiger partial charge is 0.302 e. The Morgan fingerprint density at radius 3 is 2.47 bits per heavy atom. The molecule has 1 aromatic carbocycles. The molecule has 0 spiro atoms. The third-order valence-corrected chi connectivity index (χ3v) is 4.56.